The SMILES string of the molecule is CC(C)(C)c1ccc(N2CC(CNCc3nccn3C(F)F)C2)nn1. The lowest BCUT2D eigenvalue weighted by atomic mass is 9.92. The van der Waals surface area contributed by atoms with E-state index in [2.05, 4.69) is 46.2 Å². The van der Waals surface area contributed by atoms with Gasteiger partial charge in [-0.15, -0.1) is 5.10 Å². The maximum Gasteiger partial charge on any atom is 0.319 e. The molecule has 2 aromatic rings. The number of anilines is 1. The summed E-state index contributed by atoms with van der Waals surface area (Å²) < 4.78 is 26.4. The van der Waals surface area contributed by atoms with E-state index in [1.54, 1.807) is 0 Å². The number of aromatic nitrogens is 4. The minimum atomic E-state index is -2.55. The molecule has 6 nitrogen and oxygen atoms in total. The summed E-state index contributed by atoms with van der Waals surface area (Å²) in [6.45, 7) is 6.67. The highest BCUT2D eigenvalue weighted by Gasteiger charge is 2.28. The lowest BCUT2D eigenvalue weighted by Gasteiger charge is -2.40. The van der Waals surface area contributed by atoms with Crippen LogP contribution in [0.4, 0.5) is 14.6 Å². The van der Waals surface area contributed by atoms with Crippen molar-refractivity contribution in [3.63, 3.8) is 0 Å². The van der Waals surface area contributed by atoms with Gasteiger partial charge in [-0.25, -0.2) is 4.98 Å². The molecule has 0 amide bonds. The van der Waals surface area contributed by atoms with Gasteiger partial charge in [0.2, 0.25) is 0 Å². The summed E-state index contributed by atoms with van der Waals surface area (Å²) in [6.07, 6.45) is 2.70. The van der Waals surface area contributed by atoms with E-state index in [0.29, 0.717) is 18.3 Å². The average molecular weight is 350 g/mol. The van der Waals surface area contributed by atoms with Crippen LogP contribution in [0.3, 0.4) is 0 Å². The van der Waals surface area contributed by atoms with Crippen molar-refractivity contribution in [3.8, 4) is 0 Å². The van der Waals surface area contributed by atoms with Crippen LogP contribution in [0.5, 0.6) is 0 Å². The summed E-state index contributed by atoms with van der Waals surface area (Å²) in [5, 5.41) is 11.8. The predicted molar refractivity (Wildman–Crippen MR) is 91.6 cm³/mol. The van der Waals surface area contributed by atoms with Crippen molar-refractivity contribution in [1.29, 1.82) is 0 Å². The Morgan fingerprint density at radius 3 is 2.60 bits per heavy atom. The highest BCUT2D eigenvalue weighted by Crippen LogP contribution is 2.24. The Bertz CT molecular complexity index is 686. The number of hydrogen-bond acceptors (Lipinski definition) is 5. The second-order valence-electron chi connectivity index (χ2n) is 7.46. The predicted octanol–water partition coefficient (Wildman–Crippen LogP) is 2.59. The van der Waals surface area contributed by atoms with Crippen LogP contribution in [0.15, 0.2) is 24.5 Å². The molecule has 0 radical (unpaired) electrons. The second-order valence-corrected chi connectivity index (χ2v) is 7.46. The van der Waals surface area contributed by atoms with E-state index in [-0.39, 0.29) is 5.41 Å². The molecule has 2 aromatic heterocycles. The fraction of sp³-hybridized carbons (Fsp3) is 0.588. The van der Waals surface area contributed by atoms with Gasteiger partial charge in [0.25, 0.3) is 0 Å². The third-order valence-corrected chi connectivity index (χ3v) is 4.38. The van der Waals surface area contributed by atoms with Crippen LogP contribution < -0.4 is 10.2 Å². The number of alkyl halides is 2. The average Bonchev–Trinajstić information content (AvgIpc) is 2.97. The van der Waals surface area contributed by atoms with Gasteiger partial charge in [-0.05, 0) is 12.1 Å². The zero-order chi connectivity index (χ0) is 18.0. The van der Waals surface area contributed by atoms with Gasteiger partial charge in [0.1, 0.15) is 5.82 Å². The molecule has 8 heteroatoms. The first-order valence-electron chi connectivity index (χ1n) is 8.44. The molecule has 3 rings (SSSR count). The molecule has 0 atom stereocenters. The van der Waals surface area contributed by atoms with Crippen LogP contribution >= 0.6 is 0 Å². The number of rotatable bonds is 6. The van der Waals surface area contributed by atoms with Crippen molar-refractivity contribution in [3.05, 3.63) is 36.0 Å². The van der Waals surface area contributed by atoms with Gasteiger partial charge in [0, 0.05) is 43.4 Å². The molecule has 1 fully saturated rings. The summed E-state index contributed by atoms with van der Waals surface area (Å²) >= 11 is 0. The highest BCUT2D eigenvalue weighted by molar-refractivity contribution is 5.41. The highest BCUT2D eigenvalue weighted by atomic mass is 19.3. The summed E-state index contributed by atoms with van der Waals surface area (Å²) in [7, 11) is 0. The van der Waals surface area contributed by atoms with Crippen molar-refractivity contribution >= 4 is 5.82 Å². The van der Waals surface area contributed by atoms with E-state index in [1.165, 1.54) is 12.4 Å². The fourth-order valence-electron chi connectivity index (χ4n) is 2.83. The number of imidazole rings is 1. The van der Waals surface area contributed by atoms with Gasteiger partial charge in [-0.1, -0.05) is 20.8 Å². The molecular weight excluding hydrogens is 326 g/mol. The van der Waals surface area contributed by atoms with Gasteiger partial charge < -0.3 is 10.2 Å². The normalized spacial score (nSPS) is 15.7. The van der Waals surface area contributed by atoms with E-state index in [9.17, 15) is 8.78 Å². The lowest BCUT2D eigenvalue weighted by molar-refractivity contribution is 0.0665. The topological polar surface area (TPSA) is 58.9 Å². The monoisotopic (exact) mass is 350 g/mol. The van der Waals surface area contributed by atoms with Gasteiger partial charge in [-0.3, -0.25) is 4.57 Å². The maximum atomic E-state index is 12.7. The number of nitrogens with zero attached hydrogens (tertiary/aromatic N) is 5. The van der Waals surface area contributed by atoms with Gasteiger partial charge in [0.05, 0.1) is 12.2 Å². The Morgan fingerprint density at radius 1 is 1.24 bits per heavy atom. The fourth-order valence-corrected chi connectivity index (χ4v) is 2.83. The minimum absolute atomic E-state index is 0.00312. The van der Waals surface area contributed by atoms with Crippen molar-refractivity contribution in [2.45, 2.75) is 39.3 Å². The molecule has 1 aliphatic heterocycles. The summed E-state index contributed by atoms with van der Waals surface area (Å²) in [4.78, 5) is 6.13. The van der Waals surface area contributed by atoms with Crippen molar-refractivity contribution in [1.82, 2.24) is 25.1 Å². The molecule has 0 spiro atoms. The van der Waals surface area contributed by atoms with E-state index in [1.807, 2.05) is 12.1 Å². The van der Waals surface area contributed by atoms with Gasteiger partial charge in [-0.2, -0.15) is 13.9 Å². The van der Waals surface area contributed by atoms with E-state index in [4.69, 9.17) is 0 Å². The minimum Gasteiger partial charge on any atom is -0.354 e. The first-order chi connectivity index (χ1) is 11.8. The molecule has 25 heavy (non-hydrogen) atoms. The van der Waals surface area contributed by atoms with Gasteiger partial charge >= 0.3 is 6.55 Å². The van der Waals surface area contributed by atoms with Crippen molar-refractivity contribution in [2.24, 2.45) is 5.92 Å². The quantitative estimate of drug-likeness (QED) is 0.868. The Kier molecular flexibility index (Phi) is 4.99. The molecule has 1 aliphatic rings. The Hall–Kier alpha value is -2.09. The number of nitrogens with one attached hydrogen (secondary N) is 1. The molecule has 136 valence electrons. The molecule has 1 N–H and O–H groups in total. The Morgan fingerprint density at radius 2 is 2.00 bits per heavy atom. The number of hydrogen-bond donors (Lipinski definition) is 1. The summed E-state index contributed by atoms with van der Waals surface area (Å²) in [6, 6.07) is 4.04. The molecule has 0 aliphatic carbocycles. The van der Waals surface area contributed by atoms with Crippen molar-refractivity contribution in [2.75, 3.05) is 24.5 Å². The number of halogens is 2. The van der Waals surface area contributed by atoms with E-state index < -0.39 is 6.55 Å². The first kappa shape index (κ1) is 17.7. The smallest absolute Gasteiger partial charge is 0.319 e. The summed E-state index contributed by atoms with van der Waals surface area (Å²) in [5.74, 6) is 1.71. The van der Waals surface area contributed by atoms with E-state index in [0.717, 1.165) is 35.7 Å². The van der Waals surface area contributed by atoms with E-state index >= 15 is 0 Å². The van der Waals surface area contributed by atoms with Gasteiger partial charge in [0.15, 0.2) is 5.82 Å². The van der Waals surface area contributed by atoms with Crippen LogP contribution in [0, 0.1) is 5.92 Å². The Labute approximate surface area is 146 Å². The molecule has 1 saturated heterocycles. The second kappa shape index (κ2) is 7.03. The van der Waals surface area contributed by atoms with Crippen molar-refractivity contribution < 1.29 is 8.78 Å². The third-order valence-electron chi connectivity index (χ3n) is 4.38. The zero-order valence-corrected chi connectivity index (χ0v) is 14.8. The maximum absolute atomic E-state index is 12.7. The van der Waals surface area contributed by atoms with Crippen LogP contribution in [0.1, 0.15) is 38.8 Å². The van der Waals surface area contributed by atoms with Crippen LogP contribution in [0.2, 0.25) is 0 Å². The Balaban J connectivity index is 1.43. The molecule has 3 heterocycles. The molecular formula is C17H24F2N6. The first-order valence-corrected chi connectivity index (χ1v) is 8.44. The van der Waals surface area contributed by atoms with Crippen LogP contribution in [0.25, 0.3) is 0 Å². The summed E-state index contributed by atoms with van der Waals surface area (Å²) in [5.41, 5.74) is 0.973. The molecule has 0 unspecified atom stereocenters. The molecule has 0 bridgehead atoms. The molecule has 0 aromatic carbocycles. The standard InChI is InChI=1S/C17H24F2N6/c1-17(2,3)13-4-5-14(23-22-13)24-10-12(11-24)8-20-9-15-21-6-7-25(15)16(18)19/h4-7,12,16,20H,8-11H2,1-3H3. The van der Waals surface area contributed by atoms with Crippen LogP contribution in [-0.4, -0.2) is 39.4 Å². The third kappa shape index (κ3) is 4.12. The van der Waals surface area contributed by atoms with Crippen LogP contribution in [-0.2, 0) is 12.0 Å². The zero-order valence-electron chi connectivity index (χ0n) is 14.8. The molecule has 0 saturated carbocycles. The lowest BCUT2D eigenvalue weighted by Crippen LogP contribution is -2.51. The largest absolute Gasteiger partial charge is 0.354 e.